The third kappa shape index (κ3) is 1.03. The molecule has 1 saturated carbocycles. The van der Waals surface area contributed by atoms with Crippen LogP contribution in [0.4, 0.5) is 0 Å². The highest BCUT2D eigenvalue weighted by Crippen LogP contribution is 2.34. The zero-order valence-corrected chi connectivity index (χ0v) is 7.08. The molecule has 62 valence electrons. The number of oxime groups is 1. The highest BCUT2D eigenvalue weighted by atomic mass is 16.6. The normalized spacial score (nSPS) is 36.4. The topological polar surface area (TPSA) is 24.8 Å². The Morgan fingerprint density at radius 2 is 2.09 bits per heavy atom. The molecule has 0 aromatic carbocycles. The summed E-state index contributed by atoms with van der Waals surface area (Å²) in [5.74, 6) is 0. The number of piperidine rings is 1. The van der Waals surface area contributed by atoms with Crippen molar-refractivity contribution in [1.29, 1.82) is 0 Å². The van der Waals surface area contributed by atoms with Crippen molar-refractivity contribution in [3.63, 3.8) is 0 Å². The molecule has 0 amide bonds. The fourth-order valence-corrected chi connectivity index (χ4v) is 2.09. The molecule has 3 fully saturated rings. The van der Waals surface area contributed by atoms with Gasteiger partial charge in [-0.1, -0.05) is 5.16 Å². The first-order valence-corrected chi connectivity index (χ1v) is 4.12. The van der Waals surface area contributed by atoms with Crippen molar-refractivity contribution < 1.29 is 4.84 Å². The van der Waals surface area contributed by atoms with Gasteiger partial charge in [0.2, 0.25) is 0 Å². The van der Waals surface area contributed by atoms with E-state index in [1.807, 2.05) is 0 Å². The number of hydrogen-bond donors (Lipinski definition) is 0. The van der Waals surface area contributed by atoms with Crippen LogP contribution in [0.1, 0.15) is 19.3 Å². The van der Waals surface area contributed by atoms with Crippen molar-refractivity contribution in [2.75, 3.05) is 14.2 Å². The van der Waals surface area contributed by atoms with Gasteiger partial charge in [0.1, 0.15) is 7.11 Å². The average Bonchev–Trinajstić information content (AvgIpc) is 2.05. The van der Waals surface area contributed by atoms with Crippen LogP contribution < -0.4 is 0 Å². The Labute approximate surface area is 67.0 Å². The van der Waals surface area contributed by atoms with Crippen molar-refractivity contribution in [2.45, 2.75) is 31.3 Å². The van der Waals surface area contributed by atoms with Gasteiger partial charge in [0, 0.05) is 24.9 Å². The molecule has 2 atom stereocenters. The summed E-state index contributed by atoms with van der Waals surface area (Å²) >= 11 is 0. The van der Waals surface area contributed by atoms with Crippen LogP contribution in [-0.4, -0.2) is 36.9 Å². The zero-order valence-electron chi connectivity index (χ0n) is 7.08. The van der Waals surface area contributed by atoms with E-state index in [4.69, 9.17) is 4.84 Å². The van der Waals surface area contributed by atoms with Crippen LogP contribution in [0.25, 0.3) is 0 Å². The lowest BCUT2D eigenvalue weighted by Gasteiger charge is -2.50. The summed E-state index contributed by atoms with van der Waals surface area (Å²) in [7, 11) is 3.82. The van der Waals surface area contributed by atoms with Gasteiger partial charge in [0.15, 0.2) is 0 Å². The lowest BCUT2D eigenvalue weighted by molar-refractivity contribution is 0.0353. The molecule has 11 heavy (non-hydrogen) atoms. The van der Waals surface area contributed by atoms with Gasteiger partial charge in [-0.05, 0) is 13.5 Å². The molecule has 3 aliphatic rings. The van der Waals surface area contributed by atoms with Crippen LogP contribution in [0, 0.1) is 0 Å². The summed E-state index contributed by atoms with van der Waals surface area (Å²) in [6.45, 7) is 0. The van der Waals surface area contributed by atoms with Crippen molar-refractivity contribution in [2.24, 2.45) is 5.16 Å². The van der Waals surface area contributed by atoms with Gasteiger partial charge in [-0.15, -0.1) is 0 Å². The van der Waals surface area contributed by atoms with Crippen LogP contribution in [0.5, 0.6) is 0 Å². The van der Waals surface area contributed by atoms with E-state index in [1.165, 1.54) is 12.1 Å². The lowest BCUT2D eigenvalue weighted by atomic mass is 9.79. The van der Waals surface area contributed by atoms with Gasteiger partial charge in [0.05, 0.1) is 5.71 Å². The van der Waals surface area contributed by atoms with E-state index in [-0.39, 0.29) is 0 Å². The Bertz CT molecular complexity index is 177. The fourth-order valence-electron chi connectivity index (χ4n) is 2.09. The Balaban J connectivity index is 1.99. The summed E-state index contributed by atoms with van der Waals surface area (Å²) in [4.78, 5) is 7.19. The second-order valence-electron chi connectivity index (χ2n) is 3.46. The Morgan fingerprint density at radius 1 is 1.45 bits per heavy atom. The van der Waals surface area contributed by atoms with E-state index in [2.05, 4.69) is 17.1 Å². The molecule has 2 aliphatic heterocycles. The molecule has 1 aliphatic carbocycles. The SMILES string of the molecule is CON=C1CC2CC(C1)N2C. The Morgan fingerprint density at radius 3 is 2.55 bits per heavy atom. The maximum absolute atomic E-state index is 4.75. The van der Waals surface area contributed by atoms with E-state index in [0.717, 1.165) is 24.9 Å². The van der Waals surface area contributed by atoms with E-state index in [9.17, 15) is 0 Å². The third-order valence-electron chi connectivity index (χ3n) is 2.86. The average molecular weight is 154 g/mol. The van der Waals surface area contributed by atoms with E-state index >= 15 is 0 Å². The first-order chi connectivity index (χ1) is 5.31. The second kappa shape index (κ2) is 2.48. The molecule has 0 aromatic rings. The first-order valence-electron chi connectivity index (χ1n) is 4.12. The van der Waals surface area contributed by atoms with Gasteiger partial charge in [0.25, 0.3) is 0 Å². The maximum atomic E-state index is 4.75. The molecule has 3 nitrogen and oxygen atoms in total. The van der Waals surface area contributed by atoms with Gasteiger partial charge < -0.3 is 4.84 Å². The van der Waals surface area contributed by atoms with Crippen LogP contribution in [-0.2, 0) is 4.84 Å². The fraction of sp³-hybridized carbons (Fsp3) is 0.875. The largest absolute Gasteiger partial charge is 0.399 e. The number of rotatable bonds is 1. The Kier molecular flexibility index (Phi) is 1.60. The second-order valence-corrected chi connectivity index (χ2v) is 3.46. The monoisotopic (exact) mass is 154 g/mol. The van der Waals surface area contributed by atoms with Crippen molar-refractivity contribution >= 4 is 5.71 Å². The molecular weight excluding hydrogens is 140 g/mol. The highest BCUT2D eigenvalue weighted by Gasteiger charge is 2.41. The quantitative estimate of drug-likeness (QED) is 0.523. The van der Waals surface area contributed by atoms with E-state index < -0.39 is 0 Å². The molecule has 0 N–H and O–H groups in total. The Hall–Kier alpha value is -0.570. The molecule has 0 aromatic heterocycles. The van der Waals surface area contributed by atoms with Crippen LogP contribution in [0.15, 0.2) is 5.16 Å². The molecule has 0 spiro atoms. The number of hydrogen-bond acceptors (Lipinski definition) is 3. The van der Waals surface area contributed by atoms with E-state index in [1.54, 1.807) is 7.11 Å². The van der Waals surface area contributed by atoms with Gasteiger partial charge >= 0.3 is 0 Å². The van der Waals surface area contributed by atoms with Gasteiger partial charge in [-0.2, -0.15) is 0 Å². The lowest BCUT2D eigenvalue weighted by Crippen LogP contribution is -2.58. The number of nitrogens with zero attached hydrogens (tertiary/aromatic N) is 2. The van der Waals surface area contributed by atoms with Gasteiger partial charge in [-0.25, -0.2) is 0 Å². The van der Waals surface area contributed by atoms with E-state index in [0.29, 0.717) is 0 Å². The number of fused-ring (bicyclic) bond motifs is 2. The summed E-state index contributed by atoms with van der Waals surface area (Å²) in [5.41, 5.74) is 1.24. The molecule has 2 saturated heterocycles. The zero-order chi connectivity index (χ0) is 7.84. The standard InChI is InChI=1S/C8H14N2O/c1-10-7-3-6(9-11-2)4-8(10)5-7/h7-8H,3-5H2,1-2H3. The van der Waals surface area contributed by atoms with Crippen LogP contribution in [0.3, 0.4) is 0 Å². The van der Waals surface area contributed by atoms with Crippen molar-refractivity contribution in [3.05, 3.63) is 0 Å². The highest BCUT2D eigenvalue weighted by molar-refractivity contribution is 5.86. The van der Waals surface area contributed by atoms with Crippen LogP contribution in [0.2, 0.25) is 0 Å². The summed E-state index contributed by atoms with van der Waals surface area (Å²) in [6.07, 6.45) is 3.58. The molecule has 2 heterocycles. The molecule has 3 heteroatoms. The first kappa shape index (κ1) is 7.10. The smallest absolute Gasteiger partial charge is 0.106 e. The molecular formula is C8H14N2O. The predicted octanol–water partition coefficient (Wildman–Crippen LogP) is 0.855. The molecule has 2 unspecified atom stereocenters. The predicted molar refractivity (Wildman–Crippen MR) is 43.6 cm³/mol. The minimum atomic E-state index is 0.752. The summed E-state index contributed by atoms with van der Waals surface area (Å²) in [6, 6.07) is 1.50. The minimum Gasteiger partial charge on any atom is -0.399 e. The van der Waals surface area contributed by atoms with Crippen molar-refractivity contribution in [1.82, 2.24) is 4.90 Å². The third-order valence-corrected chi connectivity index (χ3v) is 2.86. The van der Waals surface area contributed by atoms with Gasteiger partial charge in [-0.3, -0.25) is 4.90 Å². The molecule has 3 rings (SSSR count). The molecule has 2 bridgehead atoms. The van der Waals surface area contributed by atoms with Crippen LogP contribution >= 0.6 is 0 Å². The molecule has 0 radical (unpaired) electrons. The maximum Gasteiger partial charge on any atom is 0.106 e. The minimum absolute atomic E-state index is 0.752. The van der Waals surface area contributed by atoms with Crippen molar-refractivity contribution in [3.8, 4) is 0 Å². The summed E-state index contributed by atoms with van der Waals surface area (Å²) in [5, 5.41) is 3.99. The summed E-state index contributed by atoms with van der Waals surface area (Å²) < 4.78 is 0.